The number of aromatic nitrogens is 1. The molecule has 0 saturated heterocycles. The number of benzene rings is 1. The molecule has 0 radical (unpaired) electrons. The van der Waals surface area contributed by atoms with Crippen LogP contribution in [0.15, 0.2) is 33.3 Å². The second-order valence-corrected chi connectivity index (χ2v) is 4.41. The lowest BCUT2D eigenvalue weighted by Crippen LogP contribution is -2.00. The molecular weight excluding hydrogens is 286 g/mol. The van der Waals surface area contributed by atoms with Crippen LogP contribution in [0.4, 0.5) is 0 Å². The van der Waals surface area contributed by atoms with E-state index in [2.05, 4.69) is 21.1 Å². The molecule has 0 aliphatic carbocycles. The molecule has 0 unspecified atom stereocenters. The summed E-state index contributed by atoms with van der Waals surface area (Å²) in [5.41, 5.74) is 1.26. The van der Waals surface area contributed by atoms with E-state index in [4.69, 9.17) is 4.52 Å². The lowest BCUT2D eigenvalue weighted by atomic mass is 10.1. The monoisotopic (exact) mass is 295 g/mol. The predicted molar refractivity (Wildman–Crippen MR) is 66.0 cm³/mol. The Labute approximate surface area is 106 Å². The number of hydrogen-bond acceptors (Lipinski definition) is 3. The van der Waals surface area contributed by atoms with Crippen LogP contribution in [0.5, 0.6) is 0 Å². The summed E-state index contributed by atoms with van der Waals surface area (Å²) in [6.07, 6.45) is 0.505. The highest BCUT2D eigenvalue weighted by atomic mass is 79.9. The van der Waals surface area contributed by atoms with Gasteiger partial charge in [0, 0.05) is 16.5 Å². The number of carboxylic acid groups (broad SMARTS) is 1. The molecule has 88 valence electrons. The van der Waals surface area contributed by atoms with E-state index >= 15 is 0 Å². The van der Waals surface area contributed by atoms with Gasteiger partial charge in [-0.05, 0) is 12.1 Å². The van der Waals surface area contributed by atoms with Crippen molar-refractivity contribution in [3.8, 4) is 11.3 Å². The molecule has 17 heavy (non-hydrogen) atoms. The third-order valence-electron chi connectivity index (χ3n) is 2.42. The topological polar surface area (TPSA) is 63.3 Å². The first-order chi connectivity index (χ1) is 8.13. The van der Waals surface area contributed by atoms with Crippen LogP contribution in [0.2, 0.25) is 0 Å². The average molecular weight is 296 g/mol. The van der Waals surface area contributed by atoms with Crippen molar-refractivity contribution in [2.45, 2.75) is 13.3 Å². The first-order valence-corrected chi connectivity index (χ1v) is 5.90. The summed E-state index contributed by atoms with van der Waals surface area (Å²) in [6.45, 7) is 1.83. The van der Waals surface area contributed by atoms with Gasteiger partial charge < -0.3 is 9.63 Å². The molecule has 0 saturated carbocycles. The number of hydrogen-bond donors (Lipinski definition) is 1. The molecule has 0 aliphatic heterocycles. The number of carboxylic acids is 1. The van der Waals surface area contributed by atoms with Crippen LogP contribution >= 0.6 is 15.9 Å². The van der Waals surface area contributed by atoms with Crippen molar-refractivity contribution in [2.75, 3.05) is 0 Å². The molecule has 1 aromatic carbocycles. The molecule has 0 spiro atoms. The van der Waals surface area contributed by atoms with Crippen molar-refractivity contribution in [1.82, 2.24) is 5.16 Å². The highest BCUT2D eigenvalue weighted by molar-refractivity contribution is 9.10. The fourth-order valence-corrected chi connectivity index (χ4v) is 1.86. The lowest BCUT2D eigenvalue weighted by molar-refractivity contribution is 0.0695. The number of rotatable bonds is 3. The first-order valence-electron chi connectivity index (χ1n) is 5.11. The van der Waals surface area contributed by atoms with E-state index < -0.39 is 5.97 Å². The van der Waals surface area contributed by atoms with Gasteiger partial charge in [0.25, 0.3) is 0 Å². The molecule has 0 aliphatic rings. The molecule has 4 nitrogen and oxygen atoms in total. The quantitative estimate of drug-likeness (QED) is 0.943. The standard InChI is InChI=1S/C12H10BrNO3/c1-2-9-10(12(15)16)11(14-17-9)7-3-5-8(13)6-4-7/h3-6H,2H2,1H3,(H,15,16). The van der Waals surface area contributed by atoms with E-state index in [1.807, 2.05) is 19.1 Å². The summed E-state index contributed by atoms with van der Waals surface area (Å²) >= 11 is 3.32. The number of carbonyl (C=O) groups is 1. The number of aromatic carboxylic acids is 1. The van der Waals surface area contributed by atoms with Gasteiger partial charge in [0.15, 0.2) is 5.76 Å². The van der Waals surface area contributed by atoms with E-state index in [0.717, 1.165) is 10.0 Å². The van der Waals surface area contributed by atoms with Crippen molar-refractivity contribution in [3.63, 3.8) is 0 Å². The fraction of sp³-hybridized carbons (Fsp3) is 0.167. The molecule has 5 heteroatoms. The van der Waals surface area contributed by atoms with Crippen LogP contribution in [0.25, 0.3) is 11.3 Å². The third kappa shape index (κ3) is 2.24. The van der Waals surface area contributed by atoms with Gasteiger partial charge >= 0.3 is 5.97 Å². The Bertz CT molecular complexity index is 545. The Morgan fingerprint density at radius 1 is 1.41 bits per heavy atom. The minimum Gasteiger partial charge on any atom is -0.477 e. The maximum atomic E-state index is 11.2. The maximum Gasteiger partial charge on any atom is 0.341 e. The van der Waals surface area contributed by atoms with Crippen molar-refractivity contribution in [3.05, 3.63) is 40.1 Å². The van der Waals surface area contributed by atoms with Gasteiger partial charge in [0.2, 0.25) is 0 Å². The average Bonchev–Trinajstić information content (AvgIpc) is 2.73. The Hall–Kier alpha value is -1.62. The zero-order valence-corrected chi connectivity index (χ0v) is 10.7. The fourth-order valence-electron chi connectivity index (χ4n) is 1.59. The van der Waals surface area contributed by atoms with Crippen molar-refractivity contribution in [2.24, 2.45) is 0 Å². The molecule has 1 heterocycles. The zero-order chi connectivity index (χ0) is 12.4. The summed E-state index contributed by atoms with van der Waals surface area (Å²) in [4.78, 5) is 11.2. The molecule has 0 atom stereocenters. The van der Waals surface area contributed by atoms with Crippen LogP contribution in [0, 0.1) is 0 Å². The number of aryl methyl sites for hydroxylation is 1. The first kappa shape index (κ1) is 11.9. The Morgan fingerprint density at radius 2 is 2.06 bits per heavy atom. The van der Waals surface area contributed by atoms with Crippen LogP contribution in [-0.4, -0.2) is 16.2 Å². The highest BCUT2D eigenvalue weighted by Crippen LogP contribution is 2.27. The largest absolute Gasteiger partial charge is 0.477 e. The minimum absolute atomic E-state index is 0.148. The molecule has 2 rings (SSSR count). The summed E-state index contributed by atoms with van der Waals surface area (Å²) in [6, 6.07) is 7.27. The van der Waals surface area contributed by atoms with Gasteiger partial charge in [-0.25, -0.2) is 4.79 Å². The van der Waals surface area contributed by atoms with Crippen LogP contribution in [0.1, 0.15) is 23.0 Å². The summed E-state index contributed by atoms with van der Waals surface area (Å²) in [5.74, 6) is -0.614. The number of nitrogens with zero attached hydrogens (tertiary/aromatic N) is 1. The molecule has 1 N–H and O–H groups in total. The van der Waals surface area contributed by atoms with Crippen molar-refractivity contribution in [1.29, 1.82) is 0 Å². The Balaban J connectivity index is 2.55. The van der Waals surface area contributed by atoms with Gasteiger partial charge in [0.1, 0.15) is 11.3 Å². The number of halogens is 1. The highest BCUT2D eigenvalue weighted by Gasteiger charge is 2.22. The normalized spacial score (nSPS) is 10.5. The summed E-state index contributed by atoms with van der Waals surface area (Å²) in [5, 5.41) is 13.0. The summed E-state index contributed by atoms with van der Waals surface area (Å²) < 4.78 is 5.98. The molecular formula is C12H10BrNO3. The molecule has 0 fully saturated rings. The third-order valence-corrected chi connectivity index (χ3v) is 2.94. The second kappa shape index (κ2) is 4.71. The van der Waals surface area contributed by atoms with Crippen LogP contribution in [-0.2, 0) is 6.42 Å². The van der Waals surface area contributed by atoms with Crippen LogP contribution < -0.4 is 0 Å². The van der Waals surface area contributed by atoms with E-state index in [9.17, 15) is 9.90 Å². The van der Waals surface area contributed by atoms with Gasteiger partial charge in [-0.15, -0.1) is 0 Å². The van der Waals surface area contributed by atoms with Gasteiger partial charge in [-0.3, -0.25) is 0 Å². The molecule has 0 amide bonds. The van der Waals surface area contributed by atoms with Gasteiger partial charge in [0.05, 0.1) is 0 Å². The lowest BCUT2D eigenvalue weighted by Gasteiger charge is -1.98. The van der Waals surface area contributed by atoms with Crippen molar-refractivity contribution < 1.29 is 14.4 Å². The zero-order valence-electron chi connectivity index (χ0n) is 9.11. The minimum atomic E-state index is -1.01. The van der Waals surface area contributed by atoms with E-state index in [-0.39, 0.29) is 5.56 Å². The smallest absolute Gasteiger partial charge is 0.341 e. The molecule has 2 aromatic rings. The summed E-state index contributed by atoms with van der Waals surface area (Å²) in [7, 11) is 0. The second-order valence-electron chi connectivity index (χ2n) is 3.49. The molecule has 0 bridgehead atoms. The van der Waals surface area contributed by atoms with Gasteiger partial charge in [-0.1, -0.05) is 40.1 Å². The van der Waals surface area contributed by atoms with Gasteiger partial charge in [-0.2, -0.15) is 0 Å². The maximum absolute atomic E-state index is 11.2. The van der Waals surface area contributed by atoms with Crippen molar-refractivity contribution >= 4 is 21.9 Å². The molecule has 1 aromatic heterocycles. The Kier molecular flexibility index (Phi) is 3.28. The van der Waals surface area contributed by atoms with E-state index in [1.165, 1.54) is 0 Å². The predicted octanol–water partition coefficient (Wildman–Crippen LogP) is 3.36. The van der Waals surface area contributed by atoms with E-state index in [1.54, 1.807) is 12.1 Å². The van der Waals surface area contributed by atoms with E-state index in [0.29, 0.717) is 17.9 Å². The van der Waals surface area contributed by atoms with Crippen LogP contribution in [0.3, 0.4) is 0 Å². The SMILES string of the molecule is CCc1onc(-c2ccc(Br)cc2)c1C(=O)O. The Morgan fingerprint density at radius 3 is 2.59 bits per heavy atom.